The number of nitrogens with zero attached hydrogens (tertiary/aromatic N) is 4. The van der Waals surface area contributed by atoms with E-state index in [2.05, 4.69) is 40.4 Å². The number of pyridine rings is 1. The number of hydrogen-bond acceptors (Lipinski definition) is 5. The molecule has 20 heavy (non-hydrogen) atoms. The molecule has 0 bridgehead atoms. The standard InChI is InChI=1S/C14H21N5S/c1-5-8-15-10(2)12-7-6-9-16-13(12)20-14-18-17-11(3)19(14)4/h6-7,9-10,15H,5,8H2,1-4H3. The van der Waals surface area contributed by atoms with Gasteiger partial charge in [0.05, 0.1) is 0 Å². The van der Waals surface area contributed by atoms with E-state index in [4.69, 9.17) is 0 Å². The van der Waals surface area contributed by atoms with Crippen molar-refractivity contribution in [1.29, 1.82) is 0 Å². The summed E-state index contributed by atoms with van der Waals surface area (Å²) < 4.78 is 1.98. The van der Waals surface area contributed by atoms with Crippen LogP contribution in [0.4, 0.5) is 0 Å². The minimum Gasteiger partial charge on any atom is -0.310 e. The fraction of sp³-hybridized carbons (Fsp3) is 0.500. The van der Waals surface area contributed by atoms with Crippen molar-refractivity contribution in [2.24, 2.45) is 7.05 Å². The lowest BCUT2D eigenvalue weighted by atomic mass is 10.1. The zero-order valence-electron chi connectivity index (χ0n) is 12.4. The fourth-order valence-corrected chi connectivity index (χ4v) is 2.85. The molecule has 0 aliphatic heterocycles. The zero-order chi connectivity index (χ0) is 14.5. The van der Waals surface area contributed by atoms with Gasteiger partial charge in [-0.2, -0.15) is 0 Å². The Balaban J connectivity index is 2.21. The van der Waals surface area contributed by atoms with Crippen molar-refractivity contribution in [1.82, 2.24) is 25.1 Å². The van der Waals surface area contributed by atoms with Crippen molar-refractivity contribution in [2.75, 3.05) is 6.54 Å². The number of aryl methyl sites for hydroxylation is 1. The highest BCUT2D eigenvalue weighted by atomic mass is 32.2. The highest BCUT2D eigenvalue weighted by Crippen LogP contribution is 2.30. The van der Waals surface area contributed by atoms with Gasteiger partial charge in [-0.25, -0.2) is 4.98 Å². The van der Waals surface area contributed by atoms with Crippen LogP contribution in [-0.2, 0) is 7.05 Å². The van der Waals surface area contributed by atoms with Crippen LogP contribution < -0.4 is 5.32 Å². The molecule has 0 amide bonds. The van der Waals surface area contributed by atoms with Crippen LogP contribution in [0, 0.1) is 6.92 Å². The third-order valence-corrected chi connectivity index (χ3v) is 4.28. The molecule has 6 heteroatoms. The minimum absolute atomic E-state index is 0.278. The number of nitrogens with one attached hydrogen (secondary N) is 1. The fourth-order valence-electron chi connectivity index (χ4n) is 1.85. The third kappa shape index (κ3) is 3.37. The quantitative estimate of drug-likeness (QED) is 0.887. The van der Waals surface area contributed by atoms with E-state index in [0.717, 1.165) is 29.0 Å². The lowest BCUT2D eigenvalue weighted by Crippen LogP contribution is -2.20. The molecule has 2 aromatic rings. The summed E-state index contributed by atoms with van der Waals surface area (Å²) in [5, 5.41) is 13.6. The Labute approximate surface area is 124 Å². The van der Waals surface area contributed by atoms with Gasteiger partial charge in [-0.15, -0.1) is 10.2 Å². The lowest BCUT2D eigenvalue weighted by Gasteiger charge is -2.16. The van der Waals surface area contributed by atoms with Crippen molar-refractivity contribution in [3.63, 3.8) is 0 Å². The van der Waals surface area contributed by atoms with Crippen LogP contribution in [0.3, 0.4) is 0 Å². The van der Waals surface area contributed by atoms with Crippen LogP contribution in [0.5, 0.6) is 0 Å². The summed E-state index contributed by atoms with van der Waals surface area (Å²) in [5.74, 6) is 0.905. The Morgan fingerprint density at radius 1 is 1.40 bits per heavy atom. The van der Waals surface area contributed by atoms with Crippen LogP contribution in [0.2, 0.25) is 0 Å². The summed E-state index contributed by atoms with van der Waals surface area (Å²) in [6, 6.07) is 4.37. The van der Waals surface area contributed by atoms with Gasteiger partial charge in [0.1, 0.15) is 10.9 Å². The summed E-state index contributed by atoms with van der Waals surface area (Å²) in [5.41, 5.74) is 1.20. The second-order valence-corrected chi connectivity index (χ2v) is 5.72. The first-order valence-electron chi connectivity index (χ1n) is 6.85. The van der Waals surface area contributed by atoms with Crippen LogP contribution in [0.15, 0.2) is 28.5 Å². The second kappa shape index (κ2) is 6.85. The third-order valence-electron chi connectivity index (χ3n) is 3.21. The molecule has 2 rings (SSSR count). The SMILES string of the molecule is CCCNC(C)c1cccnc1Sc1nnc(C)n1C. The molecule has 0 aromatic carbocycles. The Kier molecular flexibility index (Phi) is 5.14. The van der Waals surface area contributed by atoms with Gasteiger partial charge in [0, 0.05) is 24.8 Å². The van der Waals surface area contributed by atoms with Crippen LogP contribution in [0.1, 0.15) is 37.7 Å². The summed E-state index contributed by atoms with van der Waals surface area (Å²) >= 11 is 1.56. The topological polar surface area (TPSA) is 55.6 Å². The largest absolute Gasteiger partial charge is 0.310 e. The molecule has 2 aromatic heterocycles. The molecule has 5 nitrogen and oxygen atoms in total. The van der Waals surface area contributed by atoms with Gasteiger partial charge in [-0.1, -0.05) is 13.0 Å². The maximum Gasteiger partial charge on any atom is 0.197 e. The Hall–Kier alpha value is -1.40. The monoisotopic (exact) mass is 291 g/mol. The molecule has 0 saturated carbocycles. The second-order valence-electron chi connectivity index (χ2n) is 4.76. The normalized spacial score (nSPS) is 12.6. The Morgan fingerprint density at radius 2 is 2.20 bits per heavy atom. The molecule has 1 unspecified atom stereocenters. The summed E-state index contributed by atoms with van der Waals surface area (Å²) in [6.45, 7) is 7.28. The minimum atomic E-state index is 0.278. The van der Waals surface area contributed by atoms with Crippen molar-refractivity contribution in [3.8, 4) is 0 Å². The van der Waals surface area contributed by atoms with Crippen molar-refractivity contribution < 1.29 is 0 Å². The molecule has 1 atom stereocenters. The Bertz CT molecular complexity index is 566. The van der Waals surface area contributed by atoms with E-state index in [0.29, 0.717) is 0 Å². The van der Waals surface area contributed by atoms with Crippen LogP contribution >= 0.6 is 11.8 Å². The molecule has 1 N–H and O–H groups in total. The van der Waals surface area contributed by atoms with Gasteiger partial charge in [0.25, 0.3) is 0 Å². The van der Waals surface area contributed by atoms with E-state index in [1.165, 1.54) is 5.56 Å². The van der Waals surface area contributed by atoms with Crippen molar-refractivity contribution in [2.45, 2.75) is 43.4 Å². The van der Waals surface area contributed by atoms with E-state index in [9.17, 15) is 0 Å². The molecule has 0 aliphatic carbocycles. The average Bonchev–Trinajstić information content (AvgIpc) is 2.77. The average molecular weight is 291 g/mol. The number of aromatic nitrogens is 4. The predicted octanol–water partition coefficient (Wildman–Crippen LogP) is 2.73. The molecule has 2 heterocycles. The van der Waals surface area contributed by atoms with Gasteiger partial charge in [-0.05, 0) is 44.6 Å². The molecule has 108 valence electrons. The maximum absolute atomic E-state index is 4.50. The number of hydrogen-bond donors (Lipinski definition) is 1. The zero-order valence-corrected chi connectivity index (χ0v) is 13.2. The number of rotatable bonds is 6. The molecular formula is C14H21N5S. The van der Waals surface area contributed by atoms with E-state index in [-0.39, 0.29) is 6.04 Å². The molecule has 0 saturated heterocycles. The highest BCUT2D eigenvalue weighted by Gasteiger charge is 2.15. The first kappa shape index (κ1) is 15.0. The first-order chi connectivity index (χ1) is 9.63. The smallest absolute Gasteiger partial charge is 0.197 e. The molecular weight excluding hydrogens is 270 g/mol. The van der Waals surface area contributed by atoms with E-state index in [1.807, 2.05) is 30.8 Å². The summed E-state index contributed by atoms with van der Waals surface area (Å²) in [7, 11) is 1.97. The molecule has 0 aliphatic rings. The summed E-state index contributed by atoms with van der Waals surface area (Å²) in [6.07, 6.45) is 2.94. The van der Waals surface area contributed by atoms with Gasteiger partial charge in [-0.3, -0.25) is 0 Å². The predicted molar refractivity (Wildman–Crippen MR) is 80.8 cm³/mol. The van der Waals surface area contributed by atoms with Gasteiger partial charge in [0.15, 0.2) is 5.16 Å². The molecule has 0 fully saturated rings. The molecule has 0 radical (unpaired) electrons. The van der Waals surface area contributed by atoms with E-state index < -0.39 is 0 Å². The summed E-state index contributed by atoms with van der Waals surface area (Å²) in [4.78, 5) is 4.50. The lowest BCUT2D eigenvalue weighted by molar-refractivity contribution is 0.560. The van der Waals surface area contributed by atoms with E-state index in [1.54, 1.807) is 11.8 Å². The van der Waals surface area contributed by atoms with Gasteiger partial charge >= 0.3 is 0 Å². The first-order valence-corrected chi connectivity index (χ1v) is 7.67. The highest BCUT2D eigenvalue weighted by molar-refractivity contribution is 7.99. The van der Waals surface area contributed by atoms with Crippen molar-refractivity contribution in [3.05, 3.63) is 29.7 Å². The van der Waals surface area contributed by atoms with E-state index >= 15 is 0 Å². The van der Waals surface area contributed by atoms with Crippen molar-refractivity contribution >= 4 is 11.8 Å². The van der Waals surface area contributed by atoms with Crippen LogP contribution in [-0.4, -0.2) is 26.3 Å². The Morgan fingerprint density at radius 3 is 2.85 bits per heavy atom. The van der Waals surface area contributed by atoms with Gasteiger partial charge < -0.3 is 9.88 Å². The maximum atomic E-state index is 4.50. The van der Waals surface area contributed by atoms with Gasteiger partial charge in [0.2, 0.25) is 0 Å². The van der Waals surface area contributed by atoms with Crippen LogP contribution in [0.25, 0.3) is 0 Å². The molecule has 0 spiro atoms.